The van der Waals surface area contributed by atoms with E-state index in [4.69, 9.17) is 9.84 Å². The fraction of sp³-hybridized carbons (Fsp3) is 0.300. The minimum atomic E-state index is -0.836. The van der Waals surface area contributed by atoms with E-state index in [2.05, 4.69) is 15.9 Å². The van der Waals surface area contributed by atoms with Crippen LogP contribution in [-0.2, 0) is 16.1 Å². The van der Waals surface area contributed by atoms with Crippen molar-refractivity contribution in [2.24, 2.45) is 0 Å². The van der Waals surface area contributed by atoms with Crippen LogP contribution in [0.1, 0.15) is 12.0 Å². The second-order valence-electron chi connectivity index (χ2n) is 2.79. The molecule has 76 valence electrons. The number of aliphatic carboxylic acids is 1. The fourth-order valence-corrected chi connectivity index (χ4v) is 1.36. The van der Waals surface area contributed by atoms with Gasteiger partial charge in [-0.25, -0.2) is 0 Å². The number of hydrogen-bond donors (Lipinski definition) is 1. The van der Waals surface area contributed by atoms with Crippen molar-refractivity contribution < 1.29 is 14.6 Å². The molecule has 0 spiro atoms. The van der Waals surface area contributed by atoms with Crippen LogP contribution >= 0.6 is 15.9 Å². The molecule has 0 radical (unpaired) electrons. The number of halogens is 1. The molecule has 0 aliphatic rings. The maximum atomic E-state index is 10.2. The van der Waals surface area contributed by atoms with Crippen LogP contribution in [0.2, 0.25) is 0 Å². The second kappa shape index (κ2) is 5.78. The lowest BCUT2D eigenvalue weighted by Crippen LogP contribution is -2.02. The van der Waals surface area contributed by atoms with Crippen molar-refractivity contribution >= 4 is 21.9 Å². The van der Waals surface area contributed by atoms with Gasteiger partial charge in [0, 0.05) is 4.47 Å². The molecule has 1 N–H and O–H groups in total. The van der Waals surface area contributed by atoms with Crippen LogP contribution in [0.5, 0.6) is 0 Å². The number of ether oxygens (including phenoxy) is 1. The molecule has 3 nitrogen and oxygen atoms in total. The minimum Gasteiger partial charge on any atom is -0.481 e. The number of carboxylic acid groups (broad SMARTS) is 1. The van der Waals surface area contributed by atoms with Crippen molar-refractivity contribution in [2.45, 2.75) is 13.0 Å². The van der Waals surface area contributed by atoms with Crippen LogP contribution in [0.25, 0.3) is 0 Å². The zero-order valence-corrected chi connectivity index (χ0v) is 9.16. The molecule has 0 aliphatic heterocycles. The molecular formula is C10H11BrO3. The lowest BCUT2D eigenvalue weighted by atomic mass is 10.2. The Morgan fingerprint density at radius 2 is 2.14 bits per heavy atom. The molecule has 0 atom stereocenters. The molecule has 1 aromatic carbocycles. The summed E-state index contributed by atoms with van der Waals surface area (Å²) in [6, 6.07) is 7.70. The topological polar surface area (TPSA) is 46.5 Å². The van der Waals surface area contributed by atoms with Crippen molar-refractivity contribution in [1.82, 2.24) is 0 Å². The van der Waals surface area contributed by atoms with Gasteiger partial charge in [-0.05, 0) is 11.6 Å². The average molecular weight is 259 g/mol. The largest absolute Gasteiger partial charge is 0.481 e. The third-order valence-corrected chi connectivity index (χ3v) is 2.45. The molecule has 0 heterocycles. The first kappa shape index (κ1) is 11.2. The Balaban J connectivity index is 2.31. The van der Waals surface area contributed by atoms with Crippen LogP contribution in [0.4, 0.5) is 0 Å². The summed E-state index contributed by atoms with van der Waals surface area (Å²) >= 11 is 3.38. The summed E-state index contributed by atoms with van der Waals surface area (Å²) in [6.07, 6.45) is 0.0461. The number of hydrogen-bond acceptors (Lipinski definition) is 2. The lowest BCUT2D eigenvalue weighted by Gasteiger charge is -2.04. The van der Waals surface area contributed by atoms with E-state index < -0.39 is 5.97 Å². The second-order valence-corrected chi connectivity index (χ2v) is 3.64. The summed E-state index contributed by atoms with van der Waals surface area (Å²) in [5.74, 6) is -0.836. The first-order valence-corrected chi connectivity index (χ1v) is 5.02. The van der Waals surface area contributed by atoms with E-state index in [1.54, 1.807) is 0 Å². The molecule has 0 saturated carbocycles. The molecule has 0 fully saturated rings. The highest BCUT2D eigenvalue weighted by Gasteiger charge is 1.99. The zero-order chi connectivity index (χ0) is 10.4. The van der Waals surface area contributed by atoms with Crippen molar-refractivity contribution in [3.63, 3.8) is 0 Å². The molecule has 0 saturated heterocycles. The Bertz CT molecular complexity index is 312. The Morgan fingerprint density at radius 1 is 1.43 bits per heavy atom. The van der Waals surface area contributed by atoms with Crippen molar-refractivity contribution in [3.05, 3.63) is 34.3 Å². The molecule has 0 unspecified atom stereocenters. The van der Waals surface area contributed by atoms with E-state index in [9.17, 15) is 4.79 Å². The maximum absolute atomic E-state index is 10.2. The van der Waals surface area contributed by atoms with Gasteiger partial charge in [0.05, 0.1) is 19.6 Å². The van der Waals surface area contributed by atoms with Gasteiger partial charge in [0.2, 0.25) is 0 Å². The SMILES string of the molecule is O=C(O)CCOCc1ccccc1Br. The van der Waals surface area contributed by atoms with Gasteiger partial charge in [0.1, 0.15) is 0 Å². The summed E-state index contributed by atoms with van der Waals surface area (Å²) in [7, 11) is 0. The minimum absolute atomic E-state index is 0.0461. The van der Waals surface area contributed by atoms with Crippen LogP contribution in [0, 0.1) is 0 Å². The van der Waals surface area contributed by atoms with Crippen molar-refractivity contribution in [1.29, 1.82) is 0 Å². The van der Waals surface area contributed by atoms with Gasteiger partial charge in [-0.2, -0.15) is 0 Å². The molecule has 0 amide bonds. The van der Waals surface area contributed by atoms with E-state index in [0.29, 0.717) is 6.61 Å². The van der Waals surface area contributed by atoms with Crippen LogP contribution in [0.3, 0.4) is 0 Å². The number of benzene rings is 1. The van der Waals surface area contributed by atoms with Gasteiger partial charge < -0.3 is 9.84 Å². The lowest BCUT2D eigenvalue weighted by molar-refractivity contribution is -0.138. The number of carboxylic acids is 1. The molecule has 1 rings (SSSR count). The van der Waals surface area contributed by atoms with Crippen LogP contribution in [-0.4, -0.2) is 17.7 Å². The van der Waals surface area contributed by atoms with Gasteiger partial charge in [-0.3, -0.25) is 4.79 Å². The van der Waals surface area contributed by atoms with E-state index in [1.165, 1.54) is 0 Å². The van der Waals surface area contributed by atoms with Gasteiger partial charge in [0.25, 0.3) is 0 Å². The Morgan fingerprint density at radius 3 is 2.79 bits per heavy atom. The predicted octanol–water partition coefficient (Wildman–Crippen LogP) is 2.44. The normalized spacial score (nSPS) is 10.1. The molecule has 0 aromatic heterocycles. The molecule has 4 heteroatoms. The summed E-state index contributed by atoms with van der Waals surface area (Å²) in [4.78, 5) is 10.2. The standard InChI is InChI=1S/C10H11BrO3/c11-9-4-2-1-3-8(9)7-14-6-5-10(12)13/h1-4H,5-7H2,(H,12,13). The van der Waals surface area contributed by atoms with E-state index in [-0.39, 0.29) is 13.0 Å². The summed E-state index contributed by atoms with van der Waals surface area (Å²) in [5, 5.41) is 8.38. The van der Waals surface area contributed by atoms with Gasteiger partial charge in [0.15, 0.2) is 0 Å². The first-order chi connectivity index (χ1) is 6.70. The smallest absolute Gasteiger partial charge is 0.305 e. The molecule has 1 aromatic rings. The van der Waals surface area contributed by atoms with Crippen molar-refractivity contribution in [2.75, 3.05) is 6.61 Å². The first-order valence-electron chi connectivity index (χ1n) is 4.23. The fourth-order valence-electron chi connectivity index (χ4n) is 0.957. The van der Waals surface area contributed by atoms with Gasteiger partial charge in [-0.15, -0.1) is 0 Å². The Kier molecular flexibility index (Phi) is 4.62. The Hall–Kier alpha value is -0.870. The molecule has 0 aliphatic carbocycles. The van der Waals surface area contributed by atoms with E-state index >= 15 is 0 Å². The molecular weight excluding hydrogens is 248 g/mol. The third kappa shape index (κ3) is 3.89. The van der Waals surface area contributed by atoms with Crippen LogP contribution < -0.4 is 0 Å². The van der Waals surface area contributed by atoms with Crippen LogP contribution in [0.15, 0.2) is 28.7 Å². The highest BCUT2D eigenvalue weighted by atomic mass is 79.9. The zero-order valence-electron chi connectivity index (χ0n) is 7.57. The summed E-state index contributed by atoms with van der Waals surface area (Å²) < 4.78 is 6.18. The average Bonchev–Trinajstić information content (AvgIpc) is 2.15. The Labute approximate surface area is 90.8 Å². The number of rotatable bonds is 5. The highest BCUT2D eigenvalue weighted by molar-refractivity contribution is 9.10. The molecule has 0 bridgehead atoms. The van der Waals surface area contributed by atoms with Gasteiger partial charge in [-0.1, -0.05) is 34.1 Å². The van der Waals surface area contributed by atoms with Gasteiger partial charge >= 0.3 is 5.97 Å². The highest BCUT2D eigenvalue weighted by Crippen LogP contribution is 2.16. The summed E-state index contributed by atoms with van der Waals surface area (Å²) in [6.45, 7) is 0.686. The third-order valence-electron chi connectivity index (χ3n) is 1.68. The van der Waals surface area contributed by atoms with E-state index in [1.807, 2.05) is 24.3 Å². The number of carbonyl (C=O) groups is 1. The maximum Gasteiger partial charge on any atom is 0.305 e. The monoisotopic (exact) mass is 258 g/mol. The van der Waals surface area contributed by atoms with E-state index in [0.717, 1.165) is 10.0 Å². The summed E-state index contributed by atoms with van der Waals surface area (Å²) in [5.41, 5.74) is 1.03. The predicted molar refractivity (Wildman–Crippen MR) is 56.1 cm³/mol. The molecule has 14 heavy (non-hydrogen) atoms. The quantitative estimate of drug-likeness (QED) is 0.826. The van der Waals surface area contributed by atoms with Crippen molar-refractivity contribution in [3.8, 4) is 0 Å².